The van der Waals surface area contributed by atoms with Gasteiger partial charge in [-0.3, -0.25) is 4.79 Å². The van der Waals surface area contributed by atoms with Crippen molar-refractivity contribution in [3.8, 4) is 0 Å². The summed E-state index contributed by atoms with van der Waals surface area (Å²) in [6.45, 7) is 2.00. The second-order valence-corrected chi connectivity index (χ2v) is 4.37. The van der Waals surface area contributed by atoms with Crippen LogP contribution in [0, 0.1) is 5.92 Å². The minimum atomic E-state index is -0.125. The van der Waals surface area contributed by atoms with Crippen molar-refractivity contribution >= 4 is 21.9 Å². The molecule has 0 N–H and O–H groups in total. The molecule has 0 saturated heterocycles. The van der Waals surface area contributed by atoms with Gasteiger partial charge in [0.1, 0.15) is 0 Å². The van der Waals surface area contributed by atoms with Gasteiger partial charge in [0.25, 0.3) is 0 Å². The third-order valence-electron chi connectivity index (χ3n) is 2.42. The van der Waals surface area contributed by atoms with Gasteiger partial charge in [0.05, 0.1) is 13.0 Å². The molecule has 1 atom stereocenters. The Labute approximate surface area is 98.8 Å². The number of benzene rings is 1. The molecule has 15 heavy (non-hydrogen) atoms. The van der Waals surface area contributed by atoms with Crippen LogP contribution in [0.1, 0.15) is 18.9 Å². The molecular formula is C12H15BrO2. The molecule has 3 heteroatoms. The van der Waals surface area contributed by atoms with Crippen LogP contribution in [0.25, 0.3) is 0 Å². The van der Waals surface area contributed by atoms with Gasteiger partial charge < -0.3 is 4.74 Å². The van der Waals surface area contributed by atoms with Crippen LogP contribution in [0.4, 0.5) is 0 Å². The summed E-state index contributed by atoms with van der Waals surface area (Å²) >= 11 is 3.38. The molecule has 0 fully saturated rings. The Balaban J connectivity index is 2.66. The molecule has 0 amide bonds. The van der Waals surface area contributed by atoms with Crippen LogP contribution in [-0.2, 0) is 16.0 Å². The van der Waals surface area contributed by atoms with Crippen LogP contribution < -0.4 is 0 Å². The Morgan fingerprint density at radius 1 is 1.40 bits per heavy atom. The van der Waals surface area contributed by atoms with Crippen molar-refractivity contribution in [1.29, 1.82) is 0 Å². The zero-order chi connectivity index (χ0) is 11.3. The number of methoxy groups -OCH3 is 1. The summed E-state index contributed by atoms with van der Waals surface area (Å²) in [7, 11) is 1.44. The van der Waals surface area contributed by atoms with E-state index in [0.29, 0.717) is 0 Å². The van der Waals surface area contributed by atoms with E-state index in [1.54, 1.807) is 0 Å². The maximum atomic E-state index is 11.4. The van der Waals surface area contributed by atoms with Gasteiger partial charge in [-0.05, 0) is 30.5 Å². The standard InChI is InChI=1S/C12H15BrO2/c1-3-10(12(14)15-2)8-9-4-6-11(13)7-5-9/h4-7,10H,3,8H2,1-2H3. The lowest BCUT2D eigenvalue weighted by atomic mass is 9.97. The SMILES string of the molecule is CCC(Cc1ccc(Br)cc1)C(=O)OC. The van der Waals surface area contributed by atoms with Crippen LogP contribution in [0.5, 0.6) is 0 Å². The van der Waals surface area contributed by atoms with E-state index >= 15 is 0 Å². The normalized spacial score (nSPS) is 12.2. The molecule has 0 radical (unpaired) electrons. The van der Waals surface area contributed by atoms with Crippen molar-refractivity contribution in [2.75, 3.05) is 7.11 Å². The Morgan fingerprint density at radius 2 is 2.00 bits per heavy atom. The number of carbonyl (C=O) groups excluding carboxylic acids is 1. The molecule has 0 spiro atoms. The smallest absolute Gasteiger partial charge is 0.308 e. The quantitative estimate of drug-likeness (QED) is 0.786. The van der Waals surface area contributed by atoms with Crippen LogP contribution in [-0.4, -0.2) is 13.1 Å². The number of esters is 1. The Morgan fingerprint density at radius 3 is 2.47 bits per heavy atom. The molecule has 0 aromatic heterocycles. The number of rotatable bonds is 4. The maximum Gasteiger partial charge on any atom is 0.308 e. The lowest BCUT2D eigenvalue weighted by Gasteiger charge is -2.12. The van der Waals surface area contributed by atoms with E-state index < -0.39 is 0 Å². The molecule has 1 unspecified atom stereocenters. The summed E-state index contributed by atoms with van der Waals surface area (Å²) in [5, 5.41) is 0. The second kappa shape index (κ2) is 5.91. The van der Waals surface area contributed by atoms with Gasteiger partial charge in [0, 0.05) is 4.47 Å². The van der Waals surface area contributed by atoms with Crippen molar-refractivity contribution < 1.29 is 9.53 Å². The summed E-state index contributed by atoms with van der Waals surface area (Å²) < 4.78 is 5.80. The Hall–Kier alpha value is -0.830. The molecule has 1 aromatic rings. The Bertz CT molecular complexity index is 319. The van der Waals surface area contributed by atoms with Gasteiger partial charge in [-0.1, -0.05) is 35.0 Å². The molecule has 1 rings (SSSR count). The highest BCUT2D eigenvalue weighted by Crippen LogP contribution is 2.16. The van der Waals surface area contributed by atoms with Gasteiger partial charge in [-0.2, -0.15) is 0 Å². The predicted molar refractivity (Wildman–Crippen MR) is 63.6 cm³/mol. The van der Waals surface area contributed by atoms with Gasteiger partial charge in [-0.15, -0.1) is 0 Å². The third kappa shape index (κ3) is 3.67. The highest BCUT2D eigenvalue weighted by molar-refractivity contribution is 9.10. The topological polar surface area (TPSA) is 26.3 Å². The number of halogens is 1. The summed E-state index contributed by atoms with van der Waals surface area (Å²) in [6.07, 6.45) is 1.55. The van der Waals surface area contributed by atoms with Gasteiger partial charge in [0.2, 0.25) is 0 Å². The molecule has 2 nitrogen and oxygen atoms in total. The number of hydrogen-bond acceptors (Lipinski definition) is 2. The molecule has 0 aliphatic carbocycles. The molecule has 0 aliphatic heterocycles. The van der Waals surface area contributed by atoms with E-state index in [1.807, 2.05) is 31.2 Å². The van der Waals surface area contributed by atoms with E-state index in [-0.39, 0.29) is 11.9 Å². The first kappa shape index (κ1) is 12.2. The van der Waals surface area contributed by atoms with Gasteiger partial charge in [0.15, 0.2) is 0 Å². The molecule has 0 bridgehead atoms. The minimum absolute atomic E-state index is 0.0313. The Kier molecular flexibility index (Phi) is 4.82. The first-order valence-corrected chi connectivity index (χ1v) is 5.79. The van der Waals surface area contributed by atoms with E-state index in [0.717, 1.165) is 22.9 Å². The number of hydrogen-bond donors (Lipinski definition) is 0. The fourth-order valence-corrected chi connectivity index (χ4v) is 1.73. The van der Waals surface area contributed by atoms with E-state index in [9.17, 15) is 4.79 Å². The van der Waals surface area contributed by atoms with Crippen LogP contribution in [0.2, 0.25) is 0 Å². The van der Waals surface area contributed by atoms with E-state index in [2.05, 4.69) is 15.9 Å². The molecule has 0 aliphatic rings. The summed E-state index contributed by atoms with van der Waals surface area (Å²) in [5.74, 6) is -0.156. The summed E-state index contributed by atoms with van der Waals surface area (Å²) in [4.78, 5) is 11.4. The summed E-state index contributed by atoms with van der Waals surface area (Å²) in [6, 6.07) is 8.02. The largest absolute Gasteiger partial charge is 0.469 e. The van der Waals surface area contributed by atoms with Crippen molar-refractivity contribution in [3.05, 3.63) is 34.3 Å². The average Bonchev–Trinajstić information content (AvgIpc) is 2.27. The number of ether oxygens (including phenoxy) is 1. The predicted octanol–water partition coefficient (Wildman–Crippen LogP) is 3.19. The van der Waals surface area contributed by atoms with Gasteiger partial charge in [-0.25, -0.2) is 0 Å². The number of carbonyl (C=O) groups is 1. The minimum Gasteiger partial charge on any atom is -0.469 e. The van der Waals surface area contributed by atoms with Gasteiger partial charge >= 0.3 is 5.97 Å². The lowest BCUT2D eigenvalue weighted by Crippen LogP contribution is -2.17. The molecule has 82 valence electrons. The van der Waals surface area contributed by atoms with Crippen molar-refractivity contribution in [2.24, 2.45) is 5.92 Å². The van der Waals surface area contributed by atoms with Crippen LogP contribution >= 0.6 is 15.9 Å². The molecule has 1 aromatic carbocycles. The highest BCUT2D eigenvalue weighted by atomic mass is 79.9. The molecular weight excluding hydrogens is 256 g/mol. The molecule has 0 heterocycles. The highest BCUT2D eigenvalue weighted by Gasteiger charge is 2.16. The zero-order valence-electron chi connectivity index (χ0n) is 9.00. The first-order valence-electron chi connectivity index (χ1n) is 4.99. The van der Waals surface area contributed by atoms with E-state index in [4.69, 9.17) is 4.74 Å². The van der Waals surface area contributed by atoms with Crippen LogP contribution in [0.15, 0.2) is 28.7 Å². The first-order chi connectivity index (χ1) is 7.17. The van der Waals surface area contributed by atoms with Crippen LogP contribution in [0.3, 0.4) is 0 Å². The second-order valence-electron chi connectivity index (χ2n) is 3.46. The summed E-state index contributed by atoms with van der Waals surface area (Å²) in [5.41, 5.74) is 1.16. The van der Waals surface area contributed by atoms with E-state index in [1.165, 1.54) is 7.11 Å². The average molecular weight is 271 g/mol. The van der Waals surface area contributed by atoms with Crippen molar-refractivity contribution in [1.82, 2.24) is 0 Å². The van der Waals surface area contributed by atoms with Crippen molar-refractivity contribution in [2.45, 2.75) is 19.8 Å². The fraction of sp³-hybridized carbons (Fsp3) is 0.417. The fourth-order valence-electron chi connectivity index (χ4n) is 1.47. The third-order valence-corrected chi connectivity index (χ3v) is 2.95. The van der Waals surface area contributed by atoms with Crippen molar-refractivity contribution in [3.63, 3.8) is 0 Å². The zero-order valence-corrected chi connectivity index (χ0v) is 10.6. The maximum absolute atomic E-state index is 11.4. The monoisotopic (exact) mass is 270 g/mol. The molecule has 0 saturated carbocycles. The lowest BCUT2D eigenvalue weighted by molar-refractivity contribution is -0.145.